The zero-order valence-corrected chi connectivity index (χ0v) is 17.8. The van der Waals surface area contributed by atoms with E-state index in [9.17, 15) is 4.79 Å². The lowest BCUT2D eigenvalue weighted by molar-refractivity contribution is 0.567. The van der Waals surface area contributed by atoms with Crippen molar-refractivity contribution in [3.05, 3.63) is 58.4 Å². The number of hydrogen-bond acceptors (Lipinski definition) is 8. The van der Waals surface area contributed by atoms with Crippen LogP contribution in [0.25, 0.3) is 33.1 Å². The molecular formula is C20H17N5O3S2. The number of rotatable bonds is 6. The lowest BCUT2D eigenvalue weighted by atomic mass is 10.2. The smallest absolute Gasteiger partial charge is 0.260 e. The highest BCUT2D eigenvalue weighted by atomic mass is 32.2. The summed E-state index contributed by atoms with van der Waals surface area (Å²) in [4.78, 5) is 21.1. The van der Waals surface area contributed by atoms with Gasteiger partial charge in [-0.25, -0.2) is 4.98 Å². The maximum absolute atomic E-state index is 12.8. The predicted octanol–water partition coefficient (Wildman–Crippen LogP) is 4.97. The Hall–Kier alpha value is -3.11. The molecule has 5 aromatic rings. The van der Waals surface area contributed by atoms with Crippen molar-refractivity contribution in [2.75, 3.05) is 0 Å². The Balaban J connectivity index is 1.47. The molecule has 0 aliphatic carbocycles. The van der Waals surface area contributed by atoms with E-state index in [-0.39, 0.29) is 10.8 Å². The molecule has 5 aromatic heterocycles. The van der Waals surface area contributed by atoms with Crippen molar-refractivity contribution in [3.63, 3.8) is 0 Å². The van der Waals surface area contributed by atoms with E-state index in [1.807, 2.05) is 42.0 Å². The van der Waals surface area contributed by atoms with Crippen LogP contribution in [0, 0.1) is 0 Å². The zero-order chi connectivity index (χ0) is 20.7. The van der Waals surface area contributed by atoms with Crippen LogP contribution in [0.2, 0.25) is 0 Å². The van der Waals surface area contributed by atoms with Gasteiger partial charge in [-0.1, -0.05) is 11.8 Å². The standard InChI is InChI=1S/C20H17N5O3S2/c1-3-25-17(14-7-5-9-28-14)23-24-20(25)30-11(2)16-21-18(26)15-12(10-29-19(15)22-16)13-6-4-8-27-13/h4-11H,3H2,1-2H3,(H,21,22,26). The first-order valence-corrected chi connectivity index (χ1v) is 11.1. The molecule has 10 heteroatoms. The number of hydrogen-bond donors (Lipinski definition) is 1. The summed E-state index contributed by atoms with van der Waals surface area (Å²) in [5, 5.41) is 11.6. The number of nitrogens with one attached hydrogen (secondary N) is 1. The summed E-state index contributed by atoms with van der Waals surface area (Å²) in [5.41, 5.74) is 0.581. The molecule has 0 radical (unpaired) electrons. The first kappa shape index (κ1) is 18.9. The summed E-state index contributed by atoms with van der Waals surface area (Å²) < 4.78 is 12.9. The topological polar surface area (TPSA) is 103 Å². The molecule has 0 amide bonds. The monoisotopic (exact) mass is 439 g/mol. The Morgan fingerprint density at radius 2 is 1.97 bits per heavy atom. The molecule has 0 aliphatic heterocycles. The maximum Gasteiger partial charge on any atom is 0.260 e. The molecule has 0 aromatic carbocycles. The summed E-state index contributed by atoms with van der Waals surface area (Å²) in [6.07, 6.45) is 3.20. The number of aromatic nitrogens is 5. The van der Waals surface area contributed by atoms with Crippen molar-refractivity contribution >= 4 is 33.3 Å². The van der Waals surface area contributed by atoms with Gasteiger partial charge in [0, 0.05) is 17.5 Å². The van der Waals surface area contributed by atoms with Crippen molar-refractivity contribution in [3.8, 4) is 22.9 Å². The second kappa shape index (κ2) is 7.62. The molecule has 0 fully saturated rings. The van der Waals surface area contributed by atoms with Gasteiger partial charge in [0.05, 0.1) is 23.2 Å². The predicted molar refractivity (Wildman–Crippen MR) is 116 cm³/mol. The number of nitrogens with zero attached hydrogens (tertiary/aromatic N) is 4. The molecule has 1 atom stereocenters. The third-order valence-electron chi connectivity index (χ3n) is 4.69. The first-order chi connectivity index (χ1) is 14.7. The van der Waals surface area contributed by atoms with Crippen LogP contribution in [0.15, 0.2) is 61.0 Å². The fraction of sp³-hybridized carbons (Fsp3) is 0.200. The van der Waals surface area contributed by atoms with Crippen LogP contribution in [0.5, 0.6) is 0 Å². The number of thioether (sulfide) groups is 1. The fourth-order valence-electron chi connectivity index (χ4n) is 3.23. The fourth-order valence-corrected chi connectivity index (χ4v) is 5.14. The molecule has 1 unspecified atom stereocenters. The lowest BCUT2D eigenvalue weighted by Gasteiger charge is -2.11. The molecule has 30 heavy (non-hydrogen) atoms. The van der Waals surface area contributed by atoms with Gasteiger partial charge in [-0.15, -0.1) is 21.5 Å². The minimum atomic E-state index is -0.177. The maximum atomic E-state index is 12.8. The number of H-pyrrole nitrogens is 1. The van der Waals surface area contributed by atoms with Gasteiger partial charge < -0.3 is 13.8 Å². The van der Waals surface area contributed by atoms with Gasteiger partial charge in [0.1, 0.15) is 16.4 Å². The average molecular weight is 440 g/mol. The number of furan rings is 2. The van der Waals surface area contributed by atoms with E-state index in [0.29, 0.717) is 39.9 Å². The molecule has 5 heterocycles. The van der Waals surface area contributed by atoms with Gasteiger partial charge in [0.25, 0.3) is 5.56 Å². The SMILES string of the molecule is CCn1c(SC(C)c2nc3scc(-c4ccco4)c3c(=O)[nH]2)nnc1-c1ccco1. The molecule has 0 spiro atoms. The summed E-state index contributed by atoms with van der Waals surface area (Å²) >= 11 is 2.92. The zero-order valence-electron chi connectivity index (χ0n) is 16.2. The van der Waals surface area contributed by atoms with Crippen molar-refractivity contribution in [1.82, 2.24) is 24.7 Å². The molecule has 0 bridgehead atoms. The molecule has 8 nitrogen and oxygen atoms in total. The van der Waals surface area contributed by atoms with E-state index >= 15 is 0 Å². The minimum Gasteiger partial charge on any atom is -0.464 e. The van der Waals surface area contributed by atoms with Crippen molar-refractivity contribution in [2.45, 2.75) is 30.8 Å². The quantitative estimate of drug-likeness (QED) is 0.373. The van der Waals surface area contributed by atoms with Crippen LogP contribution in [0.1, 0.15) is 24.9 Å². The molecule has 152 valence electrons. The Morgan fingerprint density at radius 1 is 1.20 bits per heavy atom. The summed E-state index contributed by atoms with van der Waals surface area (Å²) in [7, 11) is 0. The van der Waals surface area contributed by atoms with Gasteiger partial charge in [-0.3, -0.25) is 9.36 Å². The Morgan fingerprint density at radius 3 is 2.67 bits per heavy atom. The number of thiophene rings is 1. The van der Waals surface area contributed by atoms with E-state index in [2.05, 4.69) is 15.2 Å². The normalized spacial score (nSPS) is 12.6. The largest absolute Gasteiger partial charge is 0.464 e. The van der Waals surface area contributed by atoms with E-state index in [4.69, 9.17) is 13.8 Å². The van der Waals surface area contributed by atoms with Crippen molar-refractivity contribution in [1.29, 1.82) is 0 Å². The highest BCUT2D eigenvalue weighted by Gasteiger charge is 2.21. The second-order valence-electron chi connectivity index (χ2n) is 6.55. The van der Waals surface area contributed by atoms with Crippen LogP contribution in [0.4, 0.5) is 0 Å². The van der Waals surface area contributed by atoms with Crippen LogP contribution < -0.4 is 5.56 Å². The van der Waals surface area contributed by atoms with Gasteiger partial charge in [0.2, 0.25) is 0 Å². The second-order valence-corrected chi connectivity index (χ2v) is 8.71. The van der Waals surface area contributed by atoms with Gasteiger partial charge in [-0.2, -0.15) is 0 Å². The molecule has 0 saturated heterocycles. The van der Waals surface area contributed by atoms with Gasteiger partial charge in [0.15, 0.2) is 16.7 Å². The molecule has 1 N–H and O–H groups in total. The van der Waals surface area contributed by atoms with Crippen LogP contribution >= 0.6 is 23.1 Å². The van der Waals surface area contributed by atoms with Crippen LogP contribution in [-0.2, 0) is 6.54 Å². The number of aromatic amines is 1. The van der Waals surface area contributed by atoms with Gasteiger partial charge >= 0.3 is 0 Å². The highest BCUT2D eigenvalue weighted by molar-refractivity contribution is 7.99. The lowest BCUT2D eigenvalue weighted by Crippen LogP contribution is -2.12. The van der Waals surface area contributed by atoms with Crippen molar-refractivity contribution < 1.29 is 8.83 Å². The van der Waals surface area contributed by atoms with E-state index in [0.717, 1.165) is 10.7 Å². The molecule has 5 rings (SSSR count). The molecular weight excluding hydrogens is 422 g/mol. The van der Waals surface area contributed by atoms with Crippen molar-refractivity contribution in [2.24, 2.45) is 0 Å². The summed E-state index contributed by atoms with van der Waals surface area (Å²) in [5.74, 6) is 2.59. The Labute approximate surface area is 179 Å². The number of fused-ring (bicyclic) bond motifs is 1. The first-order valence-electron chi connectivity index (χ1n) is 9.34. The van der Waals surface area contributed by atoms with Crippen LogP contribution in [-0.4, -0.2) is 24.7 Å². The minimum absolute atomic E-state index is 0.129. The molecule has 0 aliphatic rings. The summed E-state index contributed by atoms with van der Waals surface area (Å²) in [6.45, 7) is 4.70. The summed E-state index contributed by atoms with van der Waals surface area (Å²) in [6, 6.07) is 7.31. The van der Waals surface area contributed by atoms with E-state index in [1.54, 1.807) is 18.6 Å². The Kier molecular flexibility index (Phi) is 4.80. The molecule has 0 saturated carbocycles. The van der Waals surface area contributed by atoms with E-state index in [1.165, 1.54) is 23.1 Å². The van der Waals surface area contributed by atoms with Gasteiger partial charge in [-0.05, 0) is 38.1 Å². The third kappa shape index (κ3) is 3.17. The highest BCUT2D eigenvalue weighted by Crippen LogP contribution is 2.36. The van der Waals surface area contributed by atoms with Crippen LogP contribution in [0.3, 0.4) is 0 Å². The third-order valence-corrected chi connectivity index (χ3v) is 6.65. The average Bonchev–Trinajstić information content (AvgIpc) is 3.53. The van der Waals surface area contributed by atoms with E-state index < -0.39 is 0 Å². The Bertz CT molecular complexity index is 1350.